The number of carbonyl (C=O) groups excluding carboxylic acids is 3. The van der Waals surface area contributed by atoms with Gasteiger partial charge >= 0.3 is 12.1 Å². The number of cyclic esters (lactones) is 2. The van der Waals surface area contributed by atoms with E-state index in [1.165, 1.54) is 6.92 Å². The second kappa shape index (κ2) is 7.27. The zero-order valence-corrected chi connectivity index (χ0v) is 14.1. The Morgan fingerprint density at radius 3 is 2.88 bits per heavy atom. The lowest BCUT2D eigenvalue weighted by Gasteiger charge is -2.20. The molecule has 3 rings (SSSR count). The molecule has 0 spiro atoms. The van der Waals surface area contributed by atoms with Gasteiger partial charge in [-0.1, -0.05) is 0 Å². The summed E-state index contributed by atoms with van der Waals surface area (Å²) in [5.41, 5.74) is -0.144. The minimum atomic E-state index is -0.831. The zero-order chi connectivity index (χ0) is 18.8. The molecule has 2 atom stereocenters. The van der Waals surface area contributed by atoms with E-state index in [0.717, 1.165) is 6.07 Å². The Hall–Kier alpha value is -2.71. The number of hydrogen-bond acceptors (Lipinski definition) is 5. The number of benzene rings is 1. The third-order valence-electron chi connectivity index (χ3n) is 4.47. The number of amides is 2. The summed E-state index contributed by atoms with van der Waals surface area (Å²) in [5, 5.41) is 4.73. The van der Waals surface area contributed by atoms with Crippen molar-refractivity contribution >= 4 is 23.7 Å². The highest BCUT2D eigenvalue weighted by molar-refractivity contribution is 5.88. The third kappa shape index (κ3) is 3.76. The van der Waals surface area contributed by atoms with E-state index in [4.69, 9.17) is 4.74 Å². The lowest BCUT2D eigenvalue weighted by molar-refractivity contribution is -0.144. The highest BCUT2D eigenvalue weighted by Crippen LogP contribution is 2.32. The lowest BCUT2D eigenvalue weighted by atomic mass is 9.94. The second-order valence-corrected chi connectivity index (χ2v) is 6.35. The topological polar surface area (TPSA) is 93.7 Å². The predicted octanol–water partition coefficient (Wildman–Crippen LogP) is 2.03. The van der Waals surface area contributed by atoms with E-state index in [9.17, 15) is 23.2 Å². The van der Waals surface area contributed by atoms with Gasteiger partial charge in [-0.25, -0.2) is 13.6 Å². The number of esters is 1. The Labute approximate surface area is 148 Å². The standard InChI is InChI=1S/C17H18F2N2O5/c1-8(22)20-6-11-4-10(16(23)26-11)3-2-9-5-13(18)15-12(14(9)19)7-25-17(24)21-15/h5,10-11H,2-4,6-7H2,1H3,(H,20,22)(H,21,24)/t10?,11-/m1/s1. The first-order valence-corrected chi connectivity index (χ1v) is 8.23. The molecule has 9 heteroatoms. The number of anilines is 1. The molecule has 2 N–H and O–H groups in total. The van der Waals surface area contributed by atoms with Gasteiger partial charge in [-0.05, 0) is 30.9 Å². The molecule has 2 heterocycles. The summed E-state index contributed by atoms with van der Waals surface area (Å²) in [6.07, 6.45) is -0.408. The molecule has 0 radical (unpaired) electrons. The molecule has 26 heavy (non-hydrogen) atoms. The minimum Gasteiger partial charge on any atom is -0.460 e. The van der Waals surface area contributed by atoms with Gasteiger partial charge in [-0.15, -0.1) is 0 Å². The van der Waals surface area contributed by atoms with Crippen molar-refractivity contribution in [2.45, 2.75) is 38.9 Å². The quantitative estimate of drug-likeness (QED) is 0.776. The summed E-state index contributed by atoms with van der Waals surface area (Å²) in [6.45, 7) is 1.26. The van der Waals surface area contributed by atoms with Crippen molar-refractivity contribution in [3.05, 3.63) is 28.8 Å². The van der Waals surface area contributed by atoms with Gasteiger partial charge in [0.2, 0.25) is 5.91 Å². The van der Waals surface area contributed by atoms with Crippen LogP contribution in [0.15, 0.2) is 6.07 Å². The van der Waals surface area contributed by atoms with E-state index in [2.05, 4.69) is 15.4 Å². The van der Waals surface area contributed by atoms with Crippen LogP contribution in [-0.2, 0) is 32.1 Å². The maximum atomic E-state index is 14.6. The van der Waals surface area contributed by atoms with Crippen LogP contribution in [0.3, 0.4) is 0 Å². The molecular weight excluding hydrogens is 350 g/mol. The van der Waals surface area contributed by atoms with Gasteiger partial charge in [0.1, 0.15) is 24.3 Å². The fourth-order valence-corrected chi connectivity index (χ4v) is 3.13. The number of aryl methyl sites for hydroxylation is 1. The van der Waals surface area contributed by atoms with E-state index in [0.29, 0.717) is 6.42 Å². The van der Waals surface area contributed by atoms with Gasteiger partial charge < -0.3 is 14.8 Å². The zero-order valence-electron chi connectivity index (χ0n) is 14.1. The van der Waals surface area contributed by atoms with Crippen LogP contribution in [0.1, 0.15) is 30.9 Å². The molecule has 1 aromatic carbocycles. The number of halogens is 2. The van der Waals surface area contributed by atoms with Crippen LogP contribution >= 0.6 is 0 Å². The summed E-state index contributed by atoms with van der Waals surface area (Å²) in [4.78, 5) is 34.0. The van der Waals surface area contributed by atoms with E-state index in [-0.39, 0.29) is 48.7 Å². The van der Waals surface area contributed by atoms with Gasteiger partial charge in [-0.3, -0.25) is 14.9 Å². The fourth-order valence-electron chi connectivity index (χ4n) is 3.13. The first kappa shape index (κ1) is 18.1. The summed E-state index contributed by atoms with van der Waals surface area (Å²) in [5.74, 6) is -2.46. The maximum Gasteiger partial charge on any atom is 0.412 e. The molecule has 1 aromatic rings. The molecule has 140 valence electrons. The van der Waals surface area contributed by atoms with Gasteiger partial charge in [0, 0.05) is 6.92 Å². The van der Waals surface area contributed by atoms with Crippen molar-refractivity contribution in [3.8, 4) is 0 Å². The summed E-state index contributed by atoms with van der Waals surface area (Å²) < 4.78 is 38.6. The van der Waals surface area contributed by atoms with E-state index < -0.39 is 35.7 Å². The van der Waals surface area contributed by atoms with Crippen molar-refractivity contribution < 1.29 is 32.6 Å². The van der Waals surface area contributed by atoms with E-state index >= 15 is 0 Å². The second-order valence-electron chi connectivity index (χ2n) is 6.35. The van der Waals surface area contributed by atoms with Crippen molar-refractivity contribution in [1.29, 1.82) is 0 Å². The average Bonchev–Trinajstić information content (AvgIpc) is 2.95. The van der Waals surface area contributed by atoms with Crippen molar-refractivity contribution in [3.63, 3.8) is 0 Å². The predicted molar refractivity (Wildman–Crippen MR) is 85.2 cm³/mol. The SMILES string of the molecule is CC(=O)NC[C@H]1CC(CCc2cc(F)c3c(c2F)COC(=O)N3)C(=O)O1. The molecule has 0 saturated carbocycles. The Morgan fingerprint density at radius 1 is 1.38 bits per heavy atom. The Kier molecular flexibility index (Phi) is 5.06. The van der Waals surface area contributed by atoms with Crippen LogP contribution in [-0.4, -0.2) is 30.6 Å². The number of fused-ring (bicyclic) bond motifs is 1. The molecule has 7 nitrogen and oxygen atoms in total. The molecular formula is C17H18F2N2O5. The number of hydrogen-bond donors (Lipinski definition) is 2. The van der Waals surface area contributed by atoms with Crippen LogP contribution in [0.2, 0.25) is 0 Å². The highest BCUT2D eigenvalue weighted by Gasteiger charge is 2.34. The average molecular weight is 368 g/mol. The van der Waals surface area contributed by atoms with Gasteiger partial charge in [-0.2, -0.15) is 0 Å². The molecule has 1 fully saturated rings. The molecule has 0 aliphatic carbocycles. The van der Waals surface area contributed by atoms with E-state index in [1.807, 2.05) is 0 Å². The number of rotatable bonds is 5. The monoisotopic (exact) mass is 368 g/mol. The van der Waals surface area contributed by atoms with Crippen LogP contribution in [0, 0.1) is 17.6 Å². The first-order chi connectivity index (χ1) is 12.3. The van der Waals surface area contributed by atoms with Crippen LogP contribution in [0.5, 0.6) is 0 Å². The van der Waals surface area contributed by atoms with Crippen molar-refractivity contribution in [2.75, 3.05) is 11.9 Å². The molecule has 1 unspecified atom stereocenters. The fraction of sp³-hybridized carbons (Fsp3) is 0.471. The Bertz CT molecular complexity index is 768. The summed E-state index contributed by atoms with van der Waals surface area (Å²) >= 11 is 0. The van der Waals surface area contributed by atoms with Crippen molar-refractivity contribution in [1.82, 2.24) is 5.32 Å². The minimum absolute atomic E-state index is 0.0443. The number of ether oxygens (including phenoxy) is 2. The first-order valence-electron chi connectivity index (χ1n) is 8.23. The van der Waals surface area contributed by atoms with Gasteiger partial charge in [0.25, 0.3) is 0 Å². The smallest absolute Gasteiger partial charge is 0.412 e. The Balaban J connectivity index is 1.65. The van der Waals surface area contributed by atoms with Crippen LogP contribution in [0.4, 0.5) is 19.3 Å². The number of carbonyl (C=O) groups is 3. The van der Waals surface area contributed by atoms with Crippen LogP contribution in [0.25, 0.3) is 0 Å². The van der Waals surface area contributed by atoms with Crippen molar-refractivity contribution in [2.24, 2.45) is 5.92 Å². The molecule has 0 aromatic heterocycles. The molecule has 2 aliphatic rings. The molecule has 2 amide bonds. The van der Waals surface area contributed by atoms with E-state index in [1.54, 1.807) is 0 Å². The molecule has 2 aliphatic heterocycles. The molecule has 0 bridgehead atoms. The van der Waals surface area contributed by atoms with Crippen LogP contribution < -0.4 is 10.6 Å². The largest absolute Gasteiger partial charge is 0.460 e. The Morgan fingerprint density at radius 2 is 2.15 bits per heavy atom. The summed E-state index contributed by atoms with van der Waals surface area (Å²) in [6, 6.07) is 1.02. The van der Waals surface area contributed by atoms with Gasteiger partial charge in [0.15, 0.2) is 0 Å². The van der Waals surface area contributed by atoms with Gasteiger partial charge in [0.05, 0.1) is 23.7 Å². The summed E-state index contributed by atoms with van der Waals surface area (Å²) in [7, 11) is 0. The normalized spacial score (nSPS) is 21.5. The lowest BCUT2D eigenvalue weighted by Crippen LogP contribution is -2.30. The number of nitrogens with one attached hydrogen (secondary N) is 2. The highest BCUT2D eigenvalue weighted by atomic mass is 19.1. The molecule has 1 saturated heterocycles. The third-order valence-corrected chi connectivity index (χ3v) is 4.47. The maximum absolute atomic E-state index is 14.6.